The van der Waals surface area contributed by atoms with Gasteiger partial charge in [-0.3, -0.25) is 9.36 Å². The predicted molar refractivity (Wildman–Crippen MR) is 92.3 cm³/mol. The molecule has 0 saturated carbocycles. The maximum atomic E-state index is 12.7. The minimum absolute atomic E-state index is 0.0585. The number of nitrogen functional groups attached to an aromatic ring is 1. The van der Waals surface area contributed by atoms with Crippen molar-refractivity contribution >= 4 is 35.3 Å². The van der Waals surface area contributed by atoms with E-state index in [1.54, 1.807) is 24.3 Å². The Balaban J connectivity index is 2.02. The van der Waals surface area contributed by atoms with E-state index in [1.807, 2.05) is 0 Å². The maximum absolute atomic E-state index is 12.7. The van der Waals surface area contributed by atoms with Crippen LogP contribution in [0.15, 0.2) is 40.8 Å². The van der Waals surface area contributed by atoms with Crippen molar-refractivity contribution in [3.63, 3.8) is 0 Å². The average molecular weight is 380 g/mol. The number of ketones is 1. The molecule has 0 aliphatic heterocycles. The van der Waals surface area contributed by atoms with Gasteiger partial charge in [0.15, 0.2) is 10.9 Å². The number of hydrogen-bond acceptors (Lipinski definition) is 7. The Bertz CT molecular complexity index is 972. The zero-order valence-electron chi connectivity index (χ0n) is 12.9. The van der Waals surface area contributed by atoms with Gasteiger partial charge in [-0.05, 0) is 36.4 Å². The number of aromatic nitrogens is 1. The van der Waals surface area contributed by atoms with Gasteiger partial charge in [0.05, 0.1) is 7.11 Å². The van der Waals surface area contributed by atoms with Crippen molar-refractivity contribution in [1.82, 2.24) is 4.98 Å². The number of nitrogens with zero attached hydrogens (tertiary/aromatic N) is 1. The molecule has 0 fully saturated rings. The van der Waals surface area contributed by atoms with Crippen LogP contribution >= 0.6 is 18.9 Å². The lowest BCUT2D eigenvalue weighted by atomic mass is 10.1. The Morgan fingerprint density at radius 3 is 2.48 bits per heavy atom. The van der Waals surface area contributed by atoms with Crippen molar-refractivity contribution in [2.45, 2.75) is 0 Å². The lowest BCUT2D eigenvalue weighted by Crippen LogP contribution is -2.01. The molecule has 0 radical (unpaired) electrons. The lowest BCUT2D eigenvalue weighted by Gasteiger charge is -2.03. The highest BCUT2D eigenvalue weighted by molar-refractivity contribution is 7.59. The fourth-order valence-electron chi connectivity index (χ4n) is 2.14. The summed E-state index contributed by atoms with van der Waals surface area (Å²) < 4.78 is 21.5. The first kappa shape index (κ1) is 17.4. The molecule has 4 N–H and O–H groups in total. The molecular formula is C15H13N2O6PS. The van der Waals surface area contributed by atoms with Crippen LogP contribution in [0, 0.1) is 0 Å². The summed E-state index contributed by atoms with van der Waals surface area (Å²) in [6.07, 6.45) is 0. The molecule has 0 saturated heterocycles. The van der Waals surface area contributed by atoms with Gasteiger partial charge in [-0.2, -0.15) is 0 Å². The Morgan fingerprint density at radius 1 is 1.24 bits per heavy atom. The van der Waals surface area contributed by atoms with Crippen molar-refractivity contribution in [3.05, 3.63) is 46.8 Å². The molecule has 0 bridgehead atoms. The first-order valence-corrected chi connectivity index (χ1v) is 9.34. The van der Waals surface area contributed by atoms with E-state index in [2.05, 4.69) is 4.98 Å². The van der Waals surface area contributed by atoms with Gasteiger partial charge in [-0.15, -0.1) is 0 Å². The molecule has 0 atom stereocenters. The van der Waals surface area contributed by atoms with E-state index in [9.17, 15) is 9.36 Å². The molecule has 3 rings (SSSR count). The van der Waals surface area contributed by atoms with Gasteiger partial charge in [0.25, 0.3) is 0 Å². The summed E-state index contributed by atoms with van der Waals surface area (Å²) >= 11 is 0.971. The minimum Gasteiger partial charge on any atom is -0.497 e. The monoisotopic (exact) mass is 380 g/mol. The summed E-state index contributed by atoms with van der Waals surface area (Å²) in [5, 5.41) is 0.140. The number of nitrogens with two attached hydrogens (primary N) is 1. The fraction of sp³-hybridized carbons (Fsp3) is 0.0667. The summed E-state index contributed by atoms with van der Waals surface area (Å²) in [5.41, 5.74) is 5.75. The van der Waals surface area contributed by atoms with Crippen LogP contribution in [0.3, 0.4) is 0 Å². The van der Waals surface area contributed by atoms with Gasteiger partial charge in [-0.1, -0.05) is 11.3 Å². The SMILES string of the molecule is COc1ccc(C(=O)c2sc(N)nc2-c2ccc(P(=O)(O)O)o2)cc1. The standard InChI is InChI=1S/C15H13N2O6PS/c1-22-9-4-2-8(3-5-9)13(18)14-12(17-15(16)25-14)10-6-7-11(23-10)24(19,20)21/h2-7H,1H3,(H2,16,17)(H2,19,20,21). The number of carbonyl (C=O) groups is 1. The molecule has 8 nitrogen and oxygen atoms in total. The molecule has 0 amide bonds. The molecule has 0 aliphatic rings. The molecular weight excluding hydrogens is 367 g/mol. The molecule has 0 spiro atoms. The van der Waals surface area contributed by atoms with E-state index < -0.39 is 13.1 Å². The Labute approximate surface area is 146 Å². The van der Waals surface area contributed by atoms with Crippen LogP contribution in [0.4, 0.5) is 5.13 Å². The second kappa shape index (κ2) is 6.45. The maximum Gasteiger partial charge on any atom is 0.391 e. The summed E-state index contributed by atoms with van der Waals surface area (Å²) in [5.74, 6) is 0.335. The Kier molecular flexibility index (Phi) is 4.49. The van der Waals surface area contributed by atoms with Gasteiger partial charge < -0.3 is 24.7 Å². The highest BCUT2D eigenvalue weighted by Gasteiger charge is 2.26. The van der Waals surface area contributed by atoms with Crippen molar-refractivity contribution in [2.75, 3.05) is 12.8 Å². The third-order valence-electron chi connectivity index (χ3n) is 3.31. The quantitative estimate of drug-likeness (QED) is 0.452. The number of rotatable bonds is 5. The molecule has 1 aromatic carbocycles. The molecule has 2 aromatic heterocycles. The molecule has 2 heterocycles. The van der Waals surface area contributed by atoms with E-state index in [-0.39, 0.29) is 27.2 Å². The zero-order valence-corrected chi connectivity index (χ0v) is 14.6. The highest BCUT2D eigenvalue weighted by Crippen LogP contribution is 2.37. The van der Waals surface area contributed by atoms with Crippen molar-refractivity contribution in [2.24, 2.45) is 0 Å². The van der Waals surface area contributed by atoms with Crippen molar-refractivity contribution < 1.29 is 28.3 Å². The van der Waals surface area contributed by atoms with Crippen LogP contribution in [-0.4, -0.2) is 27.7 Å². The number of thiazole rings is 1. The van der Waals surface area contributed by atoms with Gasteiger partial charge in [0.2, 0.25) is 11.3 Å². The number of methoxy groups -OCH3 is 1. The molecule has 10 heteroatoms. The zero-order chi connectivity index (χ0) is 18.2. The van der Waals surface area contributed by atoms with Crippen LogP contribution in [0.25, 0.3) is 11.5 Å². The second-order valence-corrected chi connectivity index (χ2v) is 7.53. The number of benzene rings is 1. The first-order valence-electron chi connectivity index (χ1n) is 6.91. The summed E-state index contributed by atoms with van der Waals surface area (Å²) in [6, 6.07) is 8.99. The fourth-order valence-corrected chi connectivity index (χ4v) is 3.43. The minimum atomic E-state index is -4.54. The third kappa shape index (κ3) is 3.49. The predicted octanol–water partition coefficient (Wildman–Crippen LogP) is 2.03. The first-order chi connectivity index (χ1) is 11.8. The van der Waals surface area contributed by atoms with Gasteiger partial charge >= 0.3 is 7.60 Å². The smallest absolute Gasteiger partial charge is 0.391 e. The van der Waals surface area contributed by atoms with E-state index in [0.717, 1.165) is 17.4 Å². The number of hydrogen-bond donors (Lipinski definition) is 3. The molecule has 3 aromatic rings. The van der Waals surface area contributed by atoms with Crippen molar-refractivity contribution in [1.29, 1.82) is 0 Å². The van der Waals surface area contributed by atoms with Crippen LogP contribution in [0.1, 0.15) is 15.2 Å². The summed E-state index contributed by atoms with van der Waals surface area (Å²) in [4.78, 5) is 35.3. The van der Waals surface area contributed by atoms with Gasteiger partial charge in [-0.25, -0.2) is 4.98 Å². The van der Waals surface area contributed by atoms with Crippen LogP contribution in [0.5, 0.6) is 5.75 Å². The largest absolute Gasteiger partial charge is 0.497 e. The highest BCUT2D eigenvalue weighted by atomic mass is 32.1. The average Bonchev–Trinajstić information content (AvgIpc) is 3.20. The lowest BCUT2D eigenvalue weighted by molar-refractivity contribution is 0.104. The van der Waals surface area contributed by atoms with Crippen molar-refractivity contribution in [3.8, 4) is 17.2 Å². The van der Waals surface area contributed by atoms with Crippen LogP contribution in [-0.2, 0) is 4.57 Å². The molecule has 25 heavy (non-hydrogen) atoms. The van der Waals surface area contributed by atoms with E-state index in [1.165, 1.54) is 13.2 Å². The number of anilines is 1. The van der Waals surface area contributed by atoms with Gasteiger partial charge in [0.1, 0.15) is 16.3 Å². The number of carbonyl (C=O) groups excluding carboxylic acids is 1. The van der Waals surface area contributed by atoms with Crippen LogP contribution in [0.2, 0.25) is 0 Å². The Hall–Kier alpha value is -2.45. The molecule has 0 aliphatic carbocycles. The topological polar surface area (TPSA) is 136 Å². The number of ether oxygens (including phenoxy) is 1. The second-order valence-electron chi connectivity index (χ2n) is 4.97. The van der Waals surface area contributed by atoms with E-state index in [4.69, 9.17) is 24.7 Å². The molecule has 130 valence electrons. The van der Waals surface area contributed by atoms with E-state index in [0.29, 0.717) is 11.3 Å². The summed E-state index contributed by atoms with van der Waals surface area (Å²) in [7, 11) is -3.02. The normalized spacial score (nSPS) is 11.5. The van der Waals surface area contributed by atoms with E-state index >= 15 is 0 Å². The number of furan rings is 1. The van der Waals surface area contributed by atoms with Crippen LogP contribution < -0.4 is 16.0 Å². The Morgan fingerprint density at radius 2 is 1.92 bits per heavy atom. The van der Waals surface area contributed by atoms with Gasteiger partial charge in [0, 0.05) is 5.56 Å². The molecule has 0 unspecified atom stereocenters. The third-order valence-corrected chi connectivity index (χ3v) is 5.01. The summed E-state index contributed by atoms with van der Waals surface area (Å²) in [6.45, 7) is 0.